The van der Waals surface area contributed by atoms with E-state index in [2.05, 4.69) is 0 Å². The lowest BCUT2D eigenvalue weighted by molar-refractivity contribution is -0.144. The lowest BCUT2D eigenvalue weighted by Gasteiger charge is -2.28. The monoisotopic (exact) mass is 430 g/mol. The topological polar surface area (TPSA) is 65.0 Å². The van der Waals surface area contributed by atoms with Gasteiger partial charge in [-0.25, -0.2) is 4.39 Å². The van der Waals surface area contributed by atoms with Crippen molar-refractivity contribution in [2.45, 2.75) is 32.8 Å². The number of carboxylic acid groups (broad SMARTS) is 1. The van der Waals surface area contributed by atoms with Crippen LogP contribution in [0.3, 0.4) is 0 Å². The van der Waals surface area contributed by atoms with Gasteiger partial charge in [-0.05, 0) is 66.0 Å². The van der Waals surface area contributed by atoms with Crippen LogP contribution in [0.5, 0.6) is 11.5 Å². The van der Waals surface area contributed by atoms with E-state index in [-0.39, 0.29) is 29.7 Å². The zero-order valence-electron chi connectivity index (χ0n) is 18.5. The Morgan fingerprint density at radius 3 is 2.39 bits per heavy atom. The molecule has 2 aromatic rings. The minimum absolute atomic E-state index is 0.00191. The Hall–Kier alpha value is -2.60. The maximum atomic E-state index is 13.4. The van der Waals surface area contributed by atoms with Gasteiger partial charge in [-0.15, -0.1) is 0 Å². The molecule has 5 nitrogen and oxygen atoms in total. The molecule has 1 heterocycles. The molecule has 3 rings (SSSR count). The molecule has 31 heavy (non-hydrogen) atoms. The van der Waals surface area contributed by atoms with Crippen LogP contribution in [0.4, 0.5) is 4.39 Å². The number of benzene rings is 2. The molecular weight excluding hydrogens is 399 g/mol. The Kier molecular flexibility index (Phi) is 7.55. The first-order chi connectivity index (χ1) is 14.8. The van der Waals surface area contributed by atoms with Gasteiger partial charge >= 0.3 is 5.97 Å². The van der Waals surface area contributed by atoms with Gasteiger partial charge in [0.1, 0.15) is 5.82 Å². The Morgan fingerprint density at radius 1 is 1.13 bits per heavy atom. The van der Waals surface area contributed by atoms with Gasteiger partial charge in [-0.3, -0.25) is 4.79 Å². The number of methoxy groups -OCH3 is 2. The highest BCUT2D eigenvalue weighted by Crippen LogP contribution is 2.45. The van der Waals surface area contributed by atoms with Crippen molar-refractivity contribution in [2.24, 2.45) is 23.7 Å². The third-order valence-corrected chi connectivity index (χ3v) is 6.28. The Labute approximate surface area is 183 Å². The summed E-state index contributed by atoms with van der Waals surface area (Å²) in [6.07, 6.45) is 0.978. The minimum Gasteiger partial charge on any atom is -0.493 e. The highest BCUT2D eigenvalue weighted by Gasteiger charge is 2.41. The van der Waals surface area contributed by atoms with Crippen molar-refractivity contribution >= 4 is 5.97 Å². The Bertz CT molecular complexity index is 880. The molecule has 0 aromatic heterocycles. The smallest absolute Gasteiger partial charge is 0.306 e. The lowest BCUT2D eigenvalue weighted by Crippen LogP contribution is -2.27. The van der Waals surface area contributed by atoms with Gasteiger partial charge in [0.2, 0.25) is 0 Å². The predicted octanol–water partition coefficient (Wildman–Crippen LogP) is 5.14. The van der Waals surface area contributed by atoms with Crippen molar-refractivity contribution in [3.05, 3.63) is 59.4 Å². The molecule has 1 fully saturated rings. The molecule has 2 aromatic carbocycles. The van der Waals surface area contributed by atoms with E-state index < -0.39 is 11.9 Å². The van der Waals surface area contributed by atoms with Gasteiger partial charge in [-0.2, -0.15) is 0 Å². The molecule has 0 bridgehead atoms. The number of rotatable bonds is 9. The van der Waals surface area contributed by atoms with Crippen LogP contribution in [0.1, 0.15) is 37.5 Å². The summed E-state index contributed by atoms with van der Waals surface area (Å²) >= 11 is 0. The SMILES string of the molecule is COc1ccc(C[C@H]2CO[C@H](c3ccc(F)cc3)[C@@H]2CC(C(=O)O)C(C)C)cc1OC. The molecule has 168 valence electrons. The second-order valence-electron chi connectivity index (χ2n) is 8.55. The van der Waals surface area contributed by atoms with E-state index in [4.69, 9.17) is 14.2 Å². The van der Waals surface area contributed by atoms with E-state index >= 15 is 0 Å². The molecular formula is C25H31FO5. The summed E-state index contributed by atoms with van der Waals surface area (Å²) in [6.45, 7) is 4.39. The summed E-state index contributed by atoms with van der Waals surface area (Å²) in [5.41, 5.74) is 1.96. The van der Waals surface area contributed by atoms with E-state index in [0.29, 0.717) is 24.5 Å². The predicted molar refractivity (Wildman–Crippen MR) is 116 cm³/mol. The van der Waals surface area contributed by atoms with Crippen LogP contribution in [0.25, 0.3) is 0 Å². The van der Waals surface area contributed by atoms with Crippen LogP contribution < -0.4 is 9.47 Å². The third-order valence-electron chi connectivity index (χ3n) is 6.28. The van der Waals surface area contributed by atoms with Crippen LogP contribution in [-0.4, -0.2) is 31.9 Å². The number of aliphatic carboxylic acids is 1. The molecule has 1 unspecified atom stereocenters. The summed E-state index contributed by atoms with van der Waals surface area (Å²) in [4.78, 5) is 11.9. The maximum absolute atomic E-state index is 13.4. The fourth-order valence-electron chi connectivity index (χ4n) is 4.51. The number of ether oxygens (including phenoxy) is 3. The summed E-state index contributed by atoms with van der Waals surface area (Å²) in [5.74, 6) is -0.0843. The molecule has 1 aliphatic heterocycles. The van der Waals surface area contributed by atoms with Crippen molar-refractivity contribution in [3.8, 4) is 11.5 Å². The summed E-state index contributed by atoms with van der Waals surface area (Å²) < 4.78 is 30.4. The van der Waals surface area contributed by atoms with Gasteiger partial charge in [0, 0.05) is 0 Å². The standard InChI is InChI=1S/C25H31FO5/c1-15(2)20(25(27)28)13-21-18(11-16-5-10-22(29-3)23(12-16)30-4)14-31-24(21)17-6-8-19(26)9-7-17/h5-10,12,15,18,20-21,24H,11,13-14H2,1-4H3,(H,27,28)/t18-,20?,21+,24+/m0/s1. The van der Waals surface area contributed by atoms with E-state index in [0.717, 1.165) is 17.5 Å². The number of hydrogen-bond acceptors (Lipinski definition) is 4. The van der Waals surface area contributed by atoms with Crippen molar-refractivity contribution in [1.82, 2.24) is 0 Å². The molecule has 1 saturated heterocycles. The lowest BCUT2D eigenvalue weighted by atomic mass is 9.76. The van der Waals surface area contributed by atoms with E-state index in [1.54, 1.807) is 26.4 Å². The van der Waals surface area contributed by atoms with Gasteiger partial charge in [0.15, 0.2) is 11.5 Å². The number of hydrogen-bond donors (Lipinski definition) is 1. The molecule has 1 N–H and O–H groups in total. The van der Waals surface area contributed by atoms with E-state index in [1.807, 2.05) is 32.0 Å². The summed E-state index contributed by atoms with van der Waals surface area (Å²) in [6, 6.07) is 12.2. The molecule has 4 atom stereocenters. The summed E-state index contributed by atoms with van der Waals surface area (Å²) in [7, 11) is 3.21. The minimum atomic E-state index is -0.787. The molecule has 0 radical (unpaired) electrons. The third kappa shape index (κ3) is 5.37. The highest BCUT2D eigenvalue weighted by molar-refractivity contribution is 5.70. The first kappa shape index (κ1) is 23.1. The normalized spacial score (nSPS) is 21.8. The number of halogens is 1. The van der Waals surface area contributed by atoms with Gasteiger partial charge in [0.05, 0.1) is 32.8 Å². The zero-order chi connectivity index (χ0) is 22.5. The molecule has 0 amide bonds. The second-order valence-corrected chi connectivity index (χ2v) is 8.55. The molecule has 6 heteroatoms. The van der Waals surface area contributed by atoms with Crippen LogP contribution in [0.15, 0.2) is 42.5 Å². The second kappa shape index (κ2) is 10.1. The van der Waals surface area contributed by atoms with Crippen LogP contribution in [-0.2, 0) is 16.0 Å². The van der Waals surface area contributed by atoms with Gasteiger partial charge in [-0.1, -0.05) is 32.0 Å². The molecule has 1 aliphatic rings. The fourth-order valence-corrected chi connectivity index (χ4v) is 4.51. The largest absolute Gasteiger partial charge is 0.493 e. The summed E-state index contributed by atoms with van der Waals surface area (Å²) in [5, 5.41) is 9.78. The van der Waals surface area contributed by atoms with Gasteiger partial charge in [0.25, 0.3) is 0 Å². The Morgan fingerprint density at radius 2 is 1.81 bits per heavy atom. The maximum Gasteiger partial charge on any atom is 0.306 e. The van der Waals surface area contributed by atoms with E-state index in [9.17, 15) is 14.3 Å². The Balaban J connectivity index is 1.88. The average Bonchev–Trinajstić information content (AvgIpc) is 3.14. The van der Waals surface area contributed by atoms with Crippen molar-refractivity contribution < 1.29 is 28.5 Å². The van der Waals surface area contributed by atoms with Crippen LogP contribution in [0.2, 0.25) is 0 Å². The van der Waals surface area contributed by atoms with Crippen molar-refractivity contribution in [1.29, 1.82) is 0 Å². The van der Waals surface area contributed by atoms with Crippen LogP contribution in [0, 0.1) is 29.5 Å². The van der Waals surface area contributed by atoms with Gasteiger partial charge < -0.3 is 19.3 Å². The van der Waals surface area contributed by atoms with Crippen LogP contribution >= 0.6 is 0 Å². The molecule has 0 spiro atoms. The fraction of sp³-hybridized carbons (Fsp3) is 0.480. The number of carbonyl (C=O) groups is 1. The average molecular weight is 431 g/mol. The quantitative estimate of drug-likeness (QED) is 0.597. The van der Waals surface area contributed by atoms with Crippen molar-refractivity contribution in [2.75, 3.05) is 20.8 Å². The first-order valence-electron chi connectivity index (χ1n) is 10.6. The number of carboxylic acids is 1. The molecule has 0 saturated carbocycles. The zero-order valence-corrected chi connectivity index (χ0v) is 18.5. The van der Waals surface area contributed by atoms with E-state index in [1.165, 1.54) is 12.1 Å². The highest BCUT2D eigenvalue weighted by atomic mass is 19.1. The van der Waals surface area contributed by atoms with Crippen molar-refractivity contribution in [3.63, 3.8) is 0 Å². The molecule has 0 aliphatic carbocycles. The first-order valence-corrected chi connectivity index (χ1v) is 10.6.